The zero-order chi connectivity index (χ0) is 78.1. The summed E-state index contributed by atoms with van der Waals surface area (Å²) in [6, 6.07) is 22.8. The van der Waals surface area contributed by atoms with Crippen molar-refractivity contribution in [2.75, 3.05) is 19.6 Å². The van der Waals surface area contributed by atoms with Crippen LogP contribution in [0.2, 0.25) is 0 Å². The predicted octanol–water partition coefficient (Wildman–Crippen LogP) is 9.04. The highest BCUT2D eigenvalue weighted by molar-refractivity contribution is 6.03. The molecular formula is C80H83N15O16. The number of aromatic amines is 3. The number of amides is 3. The summed E-state index contributed by atoms with van der Waals surface area (Å²) in [6.07, 6.45) is 16.2. The van der Waals surface area contributed by atoms with Crippen LogP contribution < -0.4 is 25.8 Å². The van der Waals surface area contributed by atoms with Crippen molar-refractivity contribution in [1.29, 1.82) is 0 Å². The van der Waals surface area contributed by atoms with Gasteiger partial charge in [0.25, 0.3) is 17.7 Å². The number of aromatic carboxylic acids is 1. The number of aliphatic hydroxyl groups is 1. The molecule has 3 aliphatic heterocycles. The third kappa shape index (κ3) is 16.0. The fourth-order valence-corrected chi connectivity index (χ4v) is 13.7. The highest BCUT2D eigenvalue weighted by atomic mass is 16.5. The topological polar surface area (TPSA) is 400 Å². The number of fused-ring (bicyclic) bond motifs is 6. The Hall–Kier alpha value is -12.7. The molecule has 11 aromatic rings. The van der Waals surface area contributed by atoms with Crippen LogP contribution in [0, 0.1) is 0 Å². The summed E-state index contributed by atoms with van der Waals surface area (Å²) in [6.45, 7) is 13.9. The molecule has 0 spiro atoms. The molecule has 31 heteroatoms. The summed E-state index contributed by atoms with van der Waals surface area (Å²) in [5, 5.41) is 28.7. The lowest BCUT2D eigenvalue weighted by Crippen LogP contribution is -2.46. The fraction of sp³-hybridized carbons (Fsp3) is 0.362. The van der Waals surface area contributed by atoms with Gasteiger partial charge in [0.1, 0.15) is 59.7 Å². The van der Waals surface area contributed by atoms with Gasteiger partial charge in [0.15, 0.2) is 51.3 Å². The SMILES string of the molecule is CC(C)N1CCn2c(CO)cc(=O)c(OCc3ccccc3)c2C1=O.CC(C)N1CCn2c(COC(=O)c3c[nH]c4ncc(C5CC5)nc34)cc(=O)c(O)c2C1=O.CC(C)N1CCn2c(COC(=O)c3c[nH]c4ncc(C5CC5)nc34)cc(=O)c(OCc3ccccc3)c2C1=O.O=C(O)c1c[nH]c2ncc(C3CC3)nc12. The molecule has 0 bridgehead atoms. The largest absolute Gasteiger partial charge is 0.503 e. The molecule has 0 atom stereocenters. The quantitative estimate of drug-likeness (QED) is 0.0387. The molecular weight excluding hydrogens is 1430 g/mol. The molecule has 111 heavy (non-hydrogen) atoms. The summed E-state index contributed by atoms with van der Waals surface area (Å²) in [5.41, 5.74) is 8.14. The van der Waals surface area contributed by atoms with Crippen molar-refractivity contribution in [3.8, 4) is 17.2 Å². The van der Waals surface area contributed by atoms with E-state index in [1.54, 1.807) is 47.0 Å². The van der Waals surface area contributed by atoms with Crippen LogP contribution in [-0.4, -0.2) is 162 Å². The van der Waals surface area contributed by atoms with Crippen molar-refractivity contribution in [3.05, 3.63) is 226 Å². The number of carbonyl (C=O) groups is 6. The number of hydrogen-bond acceptors (Lipinski definition) is 21. The molecule has 17 rings (SSSR count). The van der Waals surface area contributed by atoms with Gasteiger partial charge in [-0.25, -0.2) is 44.3 Å². The van der Waals surface area contributed by atoms with Crippen LogP contribution in [0.1, 0.15) is 206 Å². The van der Waals surface area contributed by atoms with E-state index in [2.05, 4.69) is 44.9 Å². The van der Waals surface area contributed by atoms with Crippen molar-refractivity contribution in [2.24, 2.45) is 0 Å². The molecule has 0 saturated heterocycles. The summed E-state index contributed by atoms with van der Waals surface area (Å²) in [7, 11) is 0. The number of nitrogens with zero attached hydrogens (tertiary/aromatic N) is 12. The van der Waals surface area contributed by atoms with Crippen molar-refractivity contribution >= 4 is 69.1 Å². The third-order valence-electron chi connectivity index (χ3n) is 20.2. The highest BCUT2D eigenvalue weighted by Crippen LogP contribution is 2.41. The highest BCUT2D eigenvalue weighted by Gasteiger charge is 2.37. The lowest BCUT2D eigenvalue weighted by Gasteiger charge is -2.34. The number of aromatic nitrogens is 12. The Kier molecular flexibility index (Phi) is 21.6. The minimum atomic E-state index is -0.969. The second-order valence-electron chi connectivity index (χ2n) is 28.9. The Morgan fingerprint density at radius 3 is 1.17 bits per heavy atom. The molecule has 0 radical (unpaired) electrons. The van der Waals surface area contributed by atoms with Gasteiger partial charge >= 0.3 is 17.9 Å². The molecule has 3 fully saturated rings. The number of pyridine rings is 3. The molecule has 6 N–H and O–H groups in total. The molecule has 3 aliphatic carbocycles. The van der Waals surface area contributed by atoms with Gasteiger partial charge in [0.2, 0.25) is 16.3 Å². The van der Waals surface area contributed by atoms with Crippen molar-refractivity contribution < 1.29 is 63.0 Å². The van der Waals surface area contributed by atoms with Gasteiger partial charge < -0.3 is 77.6 Å². The first-order valence-corrected chi connectivity index (χ1v) is 37.0. The Morgan fingerprint density at radius 1 is 0.459 bits per heavy atom. The molecule has 31 nitrogen and oxygen atoms in total. The second-order valence-corrected chi connectivity index (χ2v) is 28.9. The summed E-state index contributed by atoms with van der Waals surface area (Å²) in [5.74, 6) is -2.37. The number of carboxylic acids is 1. The molecule has 574 valence electrons. The summed E-state index contributed by atoms with van der Waals surface area (Å²) < 4.78 is 27.8. The standard InChI is InChI=1S/C29H29N5O5.C22H23N5O5.C19H22N2O4.C10H9N3O2/c1-17(2)33-10-11-34-20(12-23(35)26(25(34)28(33)36)38-15-18-6-4-3-5-7-18)16-39-29(37)21-13-30-27-24(21)32-22(14-31-27)19-8-9-19;1-11(2)26-5-6-27-13(7-16(28)19(29)18(27)21(26)30)10-32-22(31)14-8-23-20-17(14)25-15(9-24-20)12-3-4-12;1-13(2)20-8-9-21-15(11-22)10-16(23)18(17(21)19(20)24)25-12-14-6-4-3-5-7-14;14-10(15)6-3-11-9-8(6)13-7(4-12-9)5-1-2-5/h3-7,12-14,17,19H,8-11,15-16H2,1-2H3,(H,30,31);7-9,11-12,29H,3-6,10H2,1-2H3,(H,23,24);3-7,10,13,22H,8-9,11-12H2,1-2H3;3-5H,1-2H2,(H,11,12)(H,14,15). The molecule has 3 saturated carbocycles. The Balaban J connectivity index is 0.000000129. The van der Waals surface area contributed by atoms with Crippen molar-refractivity contribution in [3.63, 3.8) is 0 Å². The van der Waals surface area contributed by atoms with Crippen LogP contribution in [0.15, 0.2) is 130 Å². The lowest BCUT2D eigenvalue weighted by molar-refractivity contribution is 0.0447. The molecule has 0 unspecified atom stereocenters. The monoisotopic (exact) mass is 1510 g/mol. The first kappa shape index (κ1) is 75.2. The second kappa shape index (κ2) is 31.9. The van der Waals surface area contributed by atoms with E-state index >= 15 is 0 Å². The van der Waals surface area contributed by atoms with E-state index in [1.807, 2.05) is 102 Å². The number of esters is 2. The average Bonchev–Trinajstić information content (AvgIpc) is 1.71. The molecule has 6 aliphatic rings. The van der Waals surface area contributed by atoms with Crippen LogP contribution >= 0.6 is 0 Å². The maximum atomic E-state index is 13.5. The number of hydrogen-bond donors (Lipinski definition) is 6. The Morgan fingerprint density at radius 2 is 0.802 bits per heavy atom. The molecule has 12 heterocycles. The number of aliphatic hydroxyl groups excluding tert-OH is 1. The van der Waals surface area contributed by atoms with E-state index in [0.717, 1.165) is 66.7 Å². The van der Waals surface area contributed by atoms with Crippen LogP contribution in [0.25, 0.3) is 33.5 Å². The predicted molar refractivity (Wildman–Crippen MR) is 403 cm³/mol. The van der Waals surface area contributed by atoms with E-state index in [4.69, 9.17) is 24.1 Å². The zero-order valence-corrected chi connectivity index (χ0v) is 62.0. The minimum absolute atomic E-state index is 0.00351. The van der Waals surface area contributed by atoms with Crippen molar-refractivity contribution in [2.45, 2.75) is 169 Å². The summed E-state index contributed by atoms with van der Waals surface area (Å²) in [4.78, 5) is 154. The number of ether oxygens (including phenoxy) is 4. The fourth-order valence-electron chi connectivity index (χ4n) is 13.7. The van der Waals surface area contributed by atoms with Crippen LogP contribution in [0.4, 0.5) is 0 Å². The maximum Gasteiger partial charge on any atom is 0.342 e. The first-order valence-electron chi connectivity index (χ1n) is 37.0. The number of benzene rings is 2. The average molecular weight is 1510 g/mol. The first-order chi connectivity index (χ1) is 53.5. The molecule has 3 amide bonds. The Labute approximate surface area is 633 Å². The number of carbonyl (C=O) groups excluding carboxylic acids is 5. The van der Waals surface area contributed by atoms with E-state index in [1.165, 1.54) is 36.8 Å². The maximum absolute atomic E-state index is 13.5. The van der Waals surface area contributed by atoms with Gasteiger partial charge in [-0.3, -0.25) is 28.8 Å². The third-order valence-corrected chi connectivity index (χ3v) is 20.2. The number of aromatic hydroxyl groups is 1. The smallest absolute Gasteiger partial charge is 0.342 e. The van der Waals surface area contributed by atoms with Gasteiger partial charge in [0, 0.05) is 118 Å². The number of nitrogens with one attached hydrogen (secondary N) is 3. The molecule has 9 aromatic heterocycles. The lowest BCUT2D eigenvalue weighted by atomic mass is 10.1. The van der Waals surface area contributed by atoms with Crippen molar-refractivity contribution in [1.82, 2.24) is 73.3 Å². The number of carboxylic acid groups (broad SMARTS) is 1. The van der Waals surface area contributed by atoms with Gasteiger partial charge in [-0.2, -0.15) is 0 Å². The van der Waals surface area contributed by atoms with Gasteiger partial charge in [-0.15, -0.1) is 0 Å². The van der Waals surface area contributed by atoms with Gasteiger partial charge in [-0.1, -0.05) is 60.7 Å². The van der Waals surface area contributed by atoms with E-state index < -0.39 is 40.4 Å². The normalized spacial score (nSPS) is 15.2. The van der Waals surface area contributed by atoms with E-state index in [-0.39, 0.29) is 114 Å². The number of H-pyrrole nitrogens is 3. The van der Waals surface area contributed by atoms with Crippen LogP contribution in [0.3, 0.4) is 0 Å². The Bertz CT molecular complexity index is 5610. The zero-order valence-electron chi connectivity index (χ0n) is 62.0. The van der Waals surface area contributed by atoms with Crippen LogP contribution in [0.5, 0.6) is 17.2 Å². The van der Waals surface area contributed by atoms with E-state index in [0.29, 0.717) is 108 Å². The summed E-state index contributed by atoms with van der Waals surface area (Å²) >= 11 is 0. The van der Waals surface area contributed by atoms with E-state index in [9.17, 15) is 53.4 Å². The molecule has 2 aromatic carbocycles. The van der Waals surface area contributed by atoms with Crippen LogP contribution in [-0.2, 0) is 62.1 Å². The minimum Gasteiger partial charge on any atom is -0.503 e. The van der Waals surface area contributed by atoms with Gasteiger partial charge in [-0.05, 0) is 91.2 Å². The number of rotatable bonds is 20. The van der Waals surface area contributed by atoms with Gasteiger partial charge in [0.05, 0.1) is 53.7 Å².